The Balaban J connectivity index is 1.79. The van der Waals surface area contributed by atoms with Gasteiger partial charge in [-0.15, -0.1) is 0 Å². The average Bonchev–Trinajstić information content (AvgIpc) is 3.48. The van der Waals surface area contributed by atoms with Crippen molar-refractivity contribution < 1.29 is 4.39 Å². The maximum Gasteiger partial charge on any atom is 0.350 e. The van der Waals surface area contributed by atoms with E-state index < -0.39 is 17.1 Å². The Morgan fingerprint density at radius 1 is 1.27 bits per heavy atom. The Morgan fingerprint density at radius 3 is 2.54 bits per heavy atom. The van der Waals surface area contributed by atoms with E-state index in [1.165, 1.54) is 4.57 Å². The highest BCUT2D eigenvalue weighted by Gasteiger charge is 2.54. The highest BCUT2D eigenvalue weighted by Crippen LogP contribution is 2.54. The minimum absolute atomic E-state index is 0.0230. The molecular formula is C17H19ClFN5O2. The van der Waals surface area contributed by atoms with Crippen LogP contribution in [0.4, 0.5) is 10.1 Å². The van der Waals surface area contributed by atoms with Gasteiger partial charge in [0, 0.05) is 30.6 Å². The fourth-order valence-electron chi connectivity index (χ4n) is 4.24. The molecule has 1 aromatic carbocycles. The third-order valence-electron chi connectivity index (χ3n) is 6.10. The maximum absolute atomic E-state index is 14.9. The second kappa shape index (κ2) is 5.01. The number of nitrogens with two attached hydrogens (primary N) is 2. The van der Waals surface area contributed by atoms with Crippen molar-refractivity contribution in [3.63, 3.8) is 0 Å². The number of aromatic nitrogens is 2. The lowest BCUT2D eigenvalue weighted by molar-refractivity contribution is 0.499. The number of hydrogen-bond acceptors (Lipinski definition) is 5. The Bertz CT molecular complexity index is 1070. The van der Waals surface area contributed by atoms with Gasteiger partial charge in [0.2, 0.25) is 0 Å². The Morgan fingerprint density at radius 2 is 1.96 bits per heavy atom. The quantitative estimate of drug-likeness (QED) is 0.756. The van der Waals surface area contributed by atoms with Crippen molar-refractivity contribution in [3.8, 4) is 0 Å². The van der Waals surface area contributed by atoms with Crippen molar-refractivity contribution in [3.05, 3.63) is 37.7 Å². The van der Waals surface area contributed by atoms with Gasteiger partial charge in [-0.3, -0.25) is 9.36 Å². The molecule has 2 aromatic rings. The molecule has 2 aliphatic carbocycles. The molecular weight excluding hydrogens is 361 g/mol. The molecule has 1 aromatic heterocycles. The summed E-state index contributed by atoms with van der Waals surface area (Å²) in [7, 11) is 0. The topological polar surface area (TPSA) is 99.3 Å². The molecule has 0 amide bonds. The van der Waals surface area contributed by atoms with Crippen LogP contribution >= 0.6 is 11.6 Å². The van der Waals surface area contributed by atoms with E-state index in [1.54, 1.807) is 0 Å². The zero-order valence-electron chi connectivity index (χ0n) is 14.0. The highest BCUT2D eigenvalue weighted by molar-refractivity contribution is 6.38. The Kier molecular flexibility index (Phi) is 3.11. The van der Waals surface area contributed by atoms with Gasteiger partial charge < -0.3 is 16.5 Å². The van der Waals surface area contributed by atoms with Crippen molar-refractivity contribution in [2.75, 3.05) is 23.8 Å². The van der Waals surface area contributed by atoms with Gasteiger partial charge in [-0.05, 0) is 31.7 Å². The molecule has 3 aliphatic rings. The minimum Gasteiger partial charge on any atom is -0.366 e. The smallest absolute Gasteiger partial charge is 0.350 e. The summed E-state index contributed by atoms with van der Waals surface area (Å²) in [6, 6.07) is 1.05. The van der Waals surface area contributed by atoms with Crippen LogP contribution in [0.1, 0.15) is 31.7 Å². The zero-order valence-corrected chi connectivity index (χ0v) is 14.8. The molecule has 2 saturated carbocycles. The number of halogens is 2. The number of nitrogens with zero attached hydrogens (tertiary/aromatic N) is 3. The first-order chi connectivity index (χ1) is 12.3. The molecule has 3 fully saturated rings. The highest BCUT2D eigenvalue weighted by atomic mass is 35.5. The summed E-state index contributed by atoms with van der Waals surface area (Å²) in [4.78, 5) is 26.8. The molecule has 1 spiro atoms. The summed E-state index contributed by atoms with van der Waals surface area (Å²) in [6.07, 6.45) is 3.66. The van der Waals surface area contributed by atoms with E-state index in [1.807, 2.05) is 4.90 Å². The standard InChI is InChI=1S/C17H19ClFN5O2/c18-12-13-9(15(25)24(21)16(26)23(13)8-1-2-8)5-10(19)14(12)22-6-11(20)17(7-22)3-4-17/h5,8,11H,1-4,6-7,20-21H2. The second-order valence-corrected chi connectivity index (χ2v) is 8.20. The van der Waals surface area contributed by atoms with Crippen LogP contribution in [0.3, 0.4) is 0 Å². The number of hydrogen-bond donors (Lipinski definition) is 2. The summed E-state index contributed by atoms with van der Waals surface area (Å²) in [5, 5.41) is 0.112. The third-order valence-corrected chi connectivity index (χ3v) is 6.46. The van der Waals surface area contributed by atoms with Gasteiger partial charge in [0.25, 0.3) is 5.56 Å². The molecule has 1 aliphatic heterocycles. The second-order valence-electron chi connectivity index (χ2n) is 7.83. The van der Waals surface area contributed by atoms with Gasteiger partial charge in [-0.1, -0.05) is 11.6 Å². The lowest BCUT2D eigenvalue weighted by Crippen LogP contribution is -2.44. The third kappa shape index (κ3) is 2.02. The Labute approximate surface area is 152 Å². The average molecular weight is 380 g/mol. The zero-order chi connectivity index (χ0) is 18.4. The molecule has 2 heterocycles. The first kappa shape index (κ1) is 16.1. The largest absolute Gasteiger partial charge is 0.366 e. The summed E-state index contributed by atoms with van der Waals surface area (Å²) < 4.78 is 16.9. The van der Waals surface area contributed by atoms with Crippen molar-refractivity contribution in [1.29, 1.82) is 0 Å². The van der Waals surface area contributed by atoms with Gasteiger partial charge in [0.15, 0.2) is 0 Å². The van der Waals surface area contributed by atoms with Crippen molar-refractivity contribution in [2.45, 2.75) is 37.8 Å². The molecule has 1 atom stereocenters. The molecule has 0 bridgehead atoms. The molecule has 26 heavy (non-hydrogen) atoms. The molecule has 1 saturated heterocycles. The lowest BCUT2D eigenvalue weighted by atomic mass is 10.0. The number of rotatable bonds is 2. The summed E-state index contributed by atoms with van der Waals surface area (Å²) >= 11 is 6.59. The number of nitrogen functional groups attached to an aromatic ring is 1. The lowest BCUT2D eigenvalue weighted by Gasteiger charge is -2.23. The predicted molar refractivity (Wildman–Crippen MR) is 97.7 cm³/mol. The fourth-order valence-corrected chi connectivity index (χ4v) is 4.64. The molecule has 138 valence electrons. The summed E-state index contributed by atoms with van der Waals surface area (Å²) in [5.41, 5.74) is 5.41. The van der Waals surface area contributed by atoms with Crippen LogP contribution in [0, 0.1) is 11.2 Å². The van der Waals surface area contributed by atoms with E-state index in [4.69, 9.17) is 23.2 Å². The van der Waals surface area contributed by atoms with Gasteiger partial charge in [0.05, 0.1) is 21.6 Å². The van der Waals surface area contributed by atoms with Crippen LogP contribution in [0.2, 0.25) is 5.02 Å². The maximum atomic E-state index is 14.9. The van der Waals surface area contributed by atoms with Crippen LogP contribution in [-0.4, -0.2) is 28.4 Å². The van der Waals surface area contributed by atoms with Crippen LogP contribution in [0.5, 0.6) is 0 Å². The van der Waals surface area contributed by atoms with Gasteiger partial charge in [-0.2, -0.15) is 4.68 Å². The number of fused-ring (bicyclic) bond motifs is 1. The van der Waals surface area contributed by atoms with Crippen LogP contribution in [0.25, 0.3) is 10.9 Å². The van der Waals surface area contributed by atoms with E-state index in [0.717, 1.165) is 31.7 Å². The summed E-state index contributed by atoms with van der Waals surface area (Å²) in [6.45, 7) is 1.14. The van der Waals surface area contributed by atoms with Crippen LogP contribution < -0.4 is 27.7 Å². The fraction of sp³-hybridized carbons (Fsp3) is 0.529. The van der Waals surface area contributed by atoms with Crippen LogP contribution in [-0.2, 0) is 0 Å². The van der Waals surface area contributed by atoms with Crippen molar-refractivity contribution in [1.82, 2.24) is 9.24 Å². The van der Waals surface area contributed by atoms with E-state index in [9.17, 15) is 14.0 Å². The molecule has 5 rings (SSSR count). The molecule has 9 heteroatoms. The van der Waals surface area contributed by atoms with E-state index in [2.05, 4.69) is 0 Å². The van der Waals surface area contributed by atoms with Gasteiger partial charge >= 0.3 is 5.69 Å². The number of benzene rings is 1. The monoisotopic (exact) mass is 379 g/mol. The molecule has 1 unspecified atom stereocenters. The molecule has 4 N–H and O–H groups in total. The van der Waals surface area contributed by atoms with Crippen molar-refractivity contribution in [2.24, 2.45) is 11.1 Å². The van der Waals surface area contributed by atoms with E-state index in [0.29, 0.717) is 17.8 Å². The Hall–Kier alpha value is -2.06. The first-order valence-electron chi connectivity index (χ1n) is 8.79. The summed E-state index contributed by atoms with van der Waals surface area (Å²) in [5.74, 6) is 5.02. The normalized spacial score (nSPS) is 24.0. The molecule has 0 radical (unpaired) electrons. The van der Waals surface area contributed by atoms with E-state index >= 15 is 0 Å². The SMILES string of the molecule is NC1CN(c2c(F)cc3c(=O)n(N)c(=O)n(C4CC4)c3c2Cl)CC12CC2. The van der Waals surface area contributed by atoms with Gasteiger partial charge in [0.1, 0.15) is 5.82 Å². The number of anilines is 1. The molecule has 7 nitrogen and oxygen atoms in total. The van der Waals surface area contributed by atoms with Crippen molar-refractivity contribution >= 4 is 28.2 Å². The van der Waals surface area contributed by atoms with Crippen LogP contribution in [0.15, 0.2) is 15.7 Å². The predicted octanol–water partition coefficient (Wildman–Crippen LogP) is 0.932. The van der Waals surface area contributed by atoms with E-state index in [-0.39, 0.29) is 39.1 Å². The first-order valence-corrected chi connectivity index (χ1v) is 9.17. The van der Waals surface area contributed by atoms with Gasteiger partial charge in [-0.25, -0.2) is 9.18 Å². The minimum atomic E-state index is -0.744.